The van der Waals surface area contributed by atoms with Crippen LogP contribution in [0, 0.1) is 0 Å². The van der Waals surface area contributed by atoms with E-state index >= 15 is 0 Å². The van der Waals surface area contributed by atoms with E-state index in [0.717, 1.165) is 28.3 Å². The zero-order valence-corrected chi connectivity index (χ0v) is 16.4. The van der Waals surface area contributed by atoms with Crippen molar-refractivity contribution in [2.24, 2.45) is 0 Å². The maximum atomic E-state index is 11.2. The lowest BCUT2D eigenvalue weighted by molar-refractivity contribution is 0.0697. The summed E-state index contributed by atoms with van der Waals surface area (Å²) < 4.78 is 12.3. The number of carbonyl (C=O) groups is 1. The summed E-state index contributed by atoms with van der Waals surface area (Å²) in [6.07, 6.45) is 1.77. The van der Waals surface area contributed by atoms with Gasteiger partial charge in [0, 0.05) is 11.6 Å². The van der Waals surface area contributed by atoms with E-state index in [9.17, 15) is 4.79 Å². The van der Waals surface area contributed by atoms with Gasteiger partial charge in [-0.2, -0.15) is 0 Å². The molecule has 7 nitrogen and oxygen atoms in total. The van der Waals surface area contributed by atoms with Crippen LogP contribution in [-0.4, -0.2) is 40.3 Å². The summed E-state index contributed by atoms with van der Waals surface area (Å²) in [5.74, 6) is 0.463. The van der Waals surface area contributed by atoms with Crippen LogP contribution in [0.3, 0.4) is 0 Å². The predicted molar refractivity (Wildman–Crippen MR) is 112 cm³/mol. The maximum Gasteiger partial charge on any atom is 0.335 e. The molecule has 4 aromatic rings. The molecule has 1 heterocycles. The van der Waals surface area contributed by atoms with E-state index in [1.54, 1.807) is 49.4 Å². The Kier molecular flexibility index (Phi) is 5.17. The van der Waals surface area contributed by atoms with Crippen molar-refractivity contribution < 1.29 is 19.4 Å². The number of carboxylic acids is 1. The van der Waals surface area contributed by atoms with E-state index in [-0.39, 0.29) is 5.56 Å². The highest BCUT2D eigenvalue weighted by molar-refractivity contribution is 5.89. The molecule has 0 spiro atoms. The van der Waals surface area contributed by atoms with Gasteiger partial charge < -0.3 is 14.6 Å². The minimum atomic E-state index is -0.978. The molecule has 0 saturated heterocycles. The Hall–Kier alpha value is -4.13. The fourth-order valence-corrected chi connectivity index (χ4v) is 3.11. The second kappa shape index (κ2) is 8.08. The molecule has 1 aromatic heterocycles. The highest BCUT2D eigenvalue weighted by Gasteiger charge is 2.10. The summed E-state index contributed by atoms with van der Waals surface area (Å²) in [6.45, 7) is 0. The normalized spacial score (nSPS) is 10.6. The molecule has 0 amide bonds. The number of ether oxygens (including phenoxy) is 2. The van der Waals surface area contributed by atoms with E-state index in [1.807, 2.05) is 42.5 Å². The van der Waals surface area contributed by atoms with Crippen molar-refractivity contribution in [3.63, 3.8) is 0 Å². The van der Waals surface area contributed by atoms with Crippen molar-refractivity contribution >= 4 is 5.97 Å². The lowest BCUT2D eigenvalue weighted by Crippen LogP contribution is -1.95. The van der Waals surface area contributed by atoms with Gasteiger partial charge in [0.15, 0.2) is 0 Å². The van der Waals surface area contributed by atoms with Crippen LogP contribution in [-0.2, 0) is 0 Å². The Morgan fingerprint density at radius 2 is 1.57 bits per heavy atom. The number of methoxy groups -OCH3 is 2. The van der Waals surface area contributed by atoms with E-state index in [2.05, 4.69) is 10.3 Å². The number of rotatable bonds is 6. The standard InChI is InChI=1S/C23H19N3O4/c1-29-20-11-18(12-21(13-20)30-2)15-6-8-19(9-7-15)26-14-22(24-25-26)16-4-3-5-17(10-16)23(27)28/h3-14H,1-2H3,(H,27,28). The fourth-order valence-electron chi connectivity index (χ4n) is 3.11. The maximum absolute atomic E-state index is 11.2. The molecule has 0 unspecified atom stereocenters. The number of carboxylic acid groups (broad SMARTS) is 1. The van der Waals surface area contributed by atoms with Crippen molar-refractivity contribution in [3.05, 3.63) is 78.5 Å². The summed E-state index contributed by atoms with van der Waals surface area (Å²) in [4.78, 5) is 11.2. The molecule has 3 aromatic carbocycles. The molecule has 0 fully saturated rings. The molecular formula is C23H19N3O4. The molecule has 0 aliphatic carbocycles. The molecule has 0 radical (unpaired) electrons. The third-order valence-electron chi connectivity index (χ3n) is 4.72. The molecule has 0 aliphatic rings. The summed E-state index contributed by atoms with van der Waals surface area (Å²) in [5, 5.41) is 17.5. The van der Waals surface area contributed by atoms with Gasteiger partial charge in [-0.05, 0) is 47.5 Å². The molecule has 30 heavy (non-hydrogen) atoms. The Morgan fingerprint density at radius 1 is 0.867 bits per heavy atom. The van der Waals surface area contributed by atoms with Crippen molar-refractivity contribution in [1.82, 2.24) is 15.0 Å². The number of hydrogen-bond acceptors (Lipinski definition) is 5. The molecule has 1 N–H and O–H groups in total. The summed E-state index contributed by atoms with van der Waals surface area (Å²) in [5.41, 5.74) is 4.32. The number of benzene rings is 3. The van der Waals surface area contributed by atoms with Crippen molar-refractivity contribution in [2.45, 2.75) is 0 Å². The summed E-state index contributed by atoms with van der Waals surface area (Å²) >= 11 is 0. The molecule has 4 rings (SSSR count). The third kappa shape index (κ3) is 3.86. The van der Waals surface area contributed by atoms with Crippen LogP contribution in [0.4, 0.5) is 0 Å². The lowest BCUT2D eigenvalue weighted by Gasteiger charge is -2.09. The van der Waals surface area contributed by atoms with Crippen LogP contribution >= 0.6 is 0 Å². The SMILES string of the molecule is COc1cc(OC)cc(-c2ccc(-n3cc(-c4cccc(C(=O)O)c4)nn3)cc2)c1. The molecular weight excluding hydrogens is 382 g/mol. The highest BCUT2D eigenvalue weighted by atomic mass is 16.5. The Balaban J connectivity index is 1.61. The van der Waals surface area contributed by atoms with E-state index < -0.39 is 5.97 Å². The highest BCUT2D eigenvalue weighted by Crippen LogP contribution is 2.30. The smallest absolute Gasteiger partial charge is 0.335 e. The monoisotopic (exact) mass is 401 g/mol. The molecule has 150 valence electrons. The molecule has 0 saturated carbocycles. The van der Waals surface area contributed by atoms with Gasteiger partial charge in [0.05, 0.1) is 31.7 Å². The van der Waals surface area contributed by atoms with Crippen LogP contribution in [0.15, 0.2) is 72.9 Å². The first-order valence-electron chi connectivity index (χ1n) is 9.17. The Labute approximate surface area is 173 Å². The summed E-state index contributed by atoms with van der Waals surface area (Å²) in [7, 11) is 3.24. The lowest BCUT2D eigenvalue weighted by atomic mass is 10.0. The average Bonchev–Trinajstić information content (AvgIpc) is 3.29. The van der Waals surface area contributed by atoms with Gasteiger partial charge in [-0.1, -0.05) is 29.5 Å². The fraction of sp³-hybridized carbons (Fsp3) is 0.0870. The average molecular weight is 401 g/mol. The van der Waals surface area contributed by atoms with Gasteiger partial charge in [-0.15, -0.1) is 5.10 Å². The first-order chi connectivity index (χ1) is 14.6. The first kappa shape index (κ1) is 19.2. The van der Waals surface area contributed by atoms with Crippen molar-refractivity contribution in [2.75, 3.05) is 14.2 Å². The number of hydrogen-bond donors (Lipinski definition) is 1. The van der Waals surface area contributed by atoms with Gasteiger partial charge in [0.2, 0.25) is 0 Å². The van der Waals surface area contributed by atoms with Gasteiger partial charge in [-0.25, -0.2) is 9.48 Å². The first-order valence-corrected chi connectivity index (χ1v) is 9.17. The number of nitrogens with zero attached hydrogens (tertiary/aromatic N) is 3. The van der Waals surface area contributed by atoms with Crippen LogP contribution in [0.25, 0.3) is 28.1 Å². The van der Waals surface area contributed by atoms with E-state index in [0.29, 0.717) is 11.3 Å². The van der Waals surface area contributed by atoms with E-state index in [1.165, 1.54) is 0 Å². The third-order valence-corrected chi connectivity index (χ3v) is 4.72. The molecule has 0 bridgehead atoms. The molecule has 0 aliphatic heterocycles. The number of aromatic nitrogens is 3. The minimum Gasteiger partial charge on any atom is -0.497 e. The molecule has 7 heteroatoms. The van der Waals surface area contributed by atoms with Crippen LogP contribution < -0.4 is 9.47 Å². The second-order valence-electron chi connectivity index (χ2n) is 6.58. The van der Waals surface area contributed by atoms with Gasteiger partial charge in [0.25, 0.3) is 0 Å². The van der Waals surface area contributed by atoms with Gasteiger partial charge >= 0.3 is 5.97 Å². The van der Waals surface area contributed by atoms with Crippen LogP contribution in [0.1, 0.15) is 10.4 Å². The second-order valence-corrected chi connectivity index (χ2v) is 6.58. The minimum absolute atomic E-state index is 0.208. The topological polar surface area (TPSA) is 86.5 Å². The predicted octanol–water partition coefficient (Wildman–Crippen LogP) is 4.32. The summed E-state index contributed by atoms with van der Waals surface area (Å²) in [6, 6.07) is 20.2. The Bertz CT molecular complexity index is 1180. The van der Waals surface area contributed by atoms with Gasteiger partial charge in [-0.3, -0.25) is 0 Å². The van der Waals surface area contributed by atoms with Crippen molar-refractivity contribution in [1.29, 1.82) is 0 Å². The van der Waals surface area contributed by atoms with Crippen LogP contribution in [0.5, 0.6) is 11.5 Å². The number of aromatic carboxylic acids is 1. The zero-order valence-electron chi connectivity index (χ0n) is 16.4. The Morgan fingerprint density at radius 3 is 2.20 bits per heavy atom. The molecule has 0 atom stereocenters. The largest absolute Gasteiger partial charge is 0.497 e. The quantitative estimate of drug-likeness (QED) is 0.518. The zero-order chi connectivity index (χ0) is 21.1. The van der Waals surface area contributed by atoms with Gasteiger partial charge in [0.1, 0.15) is 17.2 Å². The van der Waals surface area contributed by atoms with Crippen molar-refractivity contribution in [3.8, 4) is 39.6 Å². The van der Waals surface area contributed by atoms with Crippen LogP contribution in [0.2, 0.25) is 0 Å². The van der Waals surface area contributed by atoms with E-state index in [4.69, 9.17) is 14.6 Å².